The highest BCUT2D eigenvalue weighted by Crippen LogP contribution is 2.25. The van der Waals surface area contributed by atoms with Crippen LogP contribution in [-0.2, 0) is 21.3 Å². The van der Waals surface area contributed by atoms with E-state index in [1.54, 1.807) is 14.2 Å². The Labute approximate surface area is 111 Å². The molecule has 1 aromatic carbocycles. The van der Waals surface area contributed by atoms with Crippen molar-refractivity contribution in [2.45, 2.75) is 52.2 Å². The third-order valence-electron chi connectivity index (χ3n) is 3.38. The molecule has 1 rings (SSSR count). The molecule has 0 saturated carbocycles. The zero-order valence-electron chi connectivity index (χ0n) is 12.5. The molecule has 18 heavy (non-hydrogen) atoms. The van der Waals surface area contributed by atoms with Gasteiger partial charge in [-0.1, -0.05) is 39.0 Å². The molecule has 0 radical (unpaired) electrons. The lowest BCUT2D eigenvalue weighted by atomic mass is 9.85. The Balaban J connectivity index is 2.74. The van der Waals surface area contributed by atoms with Crippen molar-refractivity contribution in [1.82, 2.24) is 0 Å². The first-order valence-corrected chi connectivity index (χ1v) is 6.54. The lowest BCUT2D eigenvalue weighted by molar-refractivity contribution is -0.105. The van der Waals surface area contributed by atoms with E-state index in [1.165, 1.54) is 16.7 Å². The summed E-state index contributed by atoms with van der Waals surface area (Å²) in [5.41, 5.74) is 4.33. The molecule has 0 unspecified atom stereocenters. The number of ether oxygens (including phenoxy) is 2. The fraction of sp³-hybridized carbons (Fsp3) is 0.625. The molecule has 2 heteroatoms. The summed E-state index contributed by atoms with van der Waals surface area (Å²) < 4.78 is 10.4. The Morgan fingerprint density at radius 2 is 1.72 bits per heavy atom. The van der Waals surface area contributed by atoms with Crippen molar-refractivity contribution >= 4 is 0 Å². The number of methoxy groups -OCH3 is 2. The molecule has 0 bridgehead atoms. The van der Waals surface area contributed by atoms with Crippen molar-refractivity contribution in [3.05, 3.63) is 34.9 Å². The molecule has 0 N–H and O–H groups in total. The van der Waals surface area contributed by atoms with Crippen LogP contribution in [0.25, 0.3) is 0 Å². The fourth-order valence-corrected chi connectivity index (χ4v) is 2.05. The van der Waals surface area contributed by atoms with Gasteiger partial charge in [-0.15, -0.1) is 0 Å². The molecule has 0 spiro atoms. The summed E-state index contributed by atoms with van der Waals surface area (Å²) in [5, 5.41) is 0. The van der Waals surface area contributed by atoms with Crippen LogP contribution in [0.3, 0.4) is 0 Å². The molecule has 0 saturated heterocycles. The molecule has 0 aliphatic carbocycles. The van der Waals surface area contributed by atoms with Crippen LogP contribution in [-0.4, -0.2) is 20.5 Å². The first-order chi connectivity index (χ1) is 8.38. The van der Waals surface area contributed by atoms with E-state index in [0.717, 1.165) is 12.8 Å². The van der Waals surface area contributed by atoms with Crippen molar-refractivity contribution in [2.75, 3.05) is 14.2 Å². The Morgan fingerprint density at radius 3 is 2.17 bits per heavy atom. The van der Waals surface area contributed by atoms with Crippen LogP contribution in [0.4, 0.5) is 0 Å². The molecule has 1 aromatic rings. The molecule has 0 aliphatic heterocycles. The highest BCUT2D eigenvalue weighted by Gasteiger charge is 2.14. The maximum Gasteiger partial charge on any atom is 0.157 e. The lowest BCUT2D eigenvalue weighted by Crippen LogP contribution is -2.14. The van der Waals surface area contributed by atoms with E-state index in [4.69, 9.17) is 9.47 Å². The van der Waals surface area contributed by atoms with Gasteiger partial charge in [-0.3, -0.25) is 0 Å². The van der Waals surface area contributed by atoms with E-state index in [-0.39, 0.29) is 11.7 Å². The van der Waals surface area contributed by atoms with Crippen molar-refractivity contribution in [2.24, 2.45) is 0 Å². The van der Waals surface area contributed by atoms with Crippen LogP contribution in [0.2, 0.25) is 0 Å². The predicted molar refractivity (Wildman–Crippen MR) is 76.0 cm³/mol. The second kappa shape index (κ2) is 6.35. The minimum Gasteiger partial charge on any atom is -0.356 e. The number of hydrogen-bond donors (Lipinski definition) is 0. The van der Waals surface area contributed by atoms with Gasteiger partial charge in [0.15, 0.2) is 6.29 Å². The van der Waals surface area contributed by atoms with Crippen molar-refractivity contribution in [3.63, 3.8) is 0 Å². The molecule has 102 valence electrons. The molecule has 0 aliphatic rings. The first-order valence-electron chi connectivity index (χ1n) is 6.54. The Hall–Kier alpha value is -0.860. The molecular formula is C16H26O2. The predicted octanol–water partition coefficient (Wildman–Crippen LogP) is 3.84. The van der Waals surface area contributed by atoms with Gasteiger partial charge in [-0.2, -0.15) is 0 Å². The van der Waals surface area contributed by atoms with Crippen LogP contribution < -0.4 is 0 Å². The fourth-order valence-electron chi connectivity index (χ4n) is 2.05. The van der Waals surface area contributed by atoms with Crippen molar-refractivity contribution < 1.29 is 9.47 Å². The van der Waals surface area contributed by atoms with E-state index in [0.29, 0.717) is 0 Å². The van der Waals surface area contributed by atoms with Crippen molar-refractivity contribution in [1.29, 1.82) is 0 Å². The van der Waals surface area contributed by atoms with E-state index >= 15 is 0 Å². The summed E-state index contributed by atoms with van der Waals surface area (Å²) in [4.78, 5) is 0. The highest BCUT2D eigenvalue weighted by atomic mass is 16.7. The van der Waals surface area contributed by atoms with Gasteiger partial charge in [0.05, 0.1) is 0 Å². The number of hydrogen-bond acceptors (Lipinski definition) is 2. The van der Waals surface area contributed by atoms with Gasteiger partial charge < -0.3 is 9.47 Å². The Morgan fingerprint density at radius 1 is 1.11 bits per heavy atom. The van der Waals surface area contributed by atoms with Gasteiger partial charge in [0.25, 0.3) is 0 Å². The normalized spacial score (nSPS) is 12.2. The molecule has 2 nitrogen and oxygen atoms in total. The van der Waals surface area contributed by atoms with Gasteiger partial charge in [0.1, 0.15) is 0 Å². The van der Waals surface area contributed by atoms with E-state index in [2.05, 4.69) is 45.9 Å². The maximum atomic E-state index is 5.22. The van der Waals surface area contributed by atoms with E-state index in [1.807, 2.05) is 0 Å². The standard InChI is InChI=1S/C16H26O2/c1-12-11-14(16(2,3)4)9-7-13(12)8-10-15(17-5)18-6/h7,9,11,15H,8,10H2,1-6H3. The Bertz CT molecular complexity index is 373. The summed E-state index contributed by atoms with van der Waals surface area (Å²) in [6.07, 6.45) is 1.78. The van der Waals surface area contributed by atoms with Crippen LogP contribution in [0.1, 0.15) is 43.9 Å². The average Bonchev–Trinajstić information content (AvgIpc) is 2.30. The van der Waals surface area contributed by atoms with Gasteiger partial charge in [-0.25, -0.2) is 0 Å². The first kappa shape index (κ1) is 15.2. The van der Waals surface area contributed by atoms with Gasteiger partial charge in [0.2, 0.25) is 0 Å². The lowest BCUT2D eigenvalue weighted by Gasteiger charge is -2.21. The summed E-state index contributed by atoms with van der Waals surface area (Å²) in [7, 11) is 3.37. The minimum absolute atomic E-state index is 0.105. The van der Waals surface area contributed by atoms with Crippen LogP contribution in [0.15, 0.2) is 18.2 Å². The zero-order valence-corrected chi connectivity index (χ0v) is 12.5. The molecule has 0 atom stereocenters. The number of aryl methyl sites for hydroxylation is 2. The number of benzene rings is 1. The molecule has 0 amide bonds. The third-order valence-corrected chi connectivity index (χ3v) is 3.38. The summed E-state index contributed by atoms with van der Waals surface area (Å²) in [6.45, 7) is 8.91. The van der Waals surface area contributed by atoms with Gasteiger partial charge >= 0.3 is 0 Å². The largest absolute Gasteiger partial charge is 0.356 e. The SMILES string of the molecule is COC(CCc1ccc(C(C)(C)C)cc1C)OC. The topological polar surface area (TPSA) is 18.5 Å². The second-order valence-corrected chi connectivity index (χ2v) is 5.83. The zero-order chi connectivity index (χ0) is 13.8. The van der Waals surface area contributed by atoms with Crippen molar-refractivity contribution in [3.8, 4) is 0 Å². The third kappa shape index (κ3) is 4.11. The monoisotopic (exact) mass is 250 g/mol. The van der Waals surface area contributed by atoms with Gasteiger partial charge in [-0.05, 0) is 35.4 Å². The molecule has 0 heterocycles. The smallest absolute Gasteiger partial charge is 0.157 e. The summed E-state index contributed by atoms with van der Waals surface area (Å²) in [6, 6.07) is 6.76. The van der Waals surface area contributed by atoms with Crippen LogP contribution in [0, 0.1) is 6.92 Å². The quantitative estimate of drug-likeness (QED) is 0.739. The molecular weight excluding hydrogens is 224 g/mol. The molecule has 0 fully saturated rings. The van der Waals surface area contributed by atoms with E-state index in [9.17, 15) is 0 Å². The maximum absolute atomic E-state index is 5.22. The highest BCUT2D eigenvalue weighted by molar-refractivity contribution is 5.34. The summed E-state index contributed by atoms with van der Waals surface area (Å²) >= 11 is 0. The van der Waals surface area contributed by atoms with Gasteiger partial charge in [0, 0.05) is 20.6 Å². The number of rotatable bonds is 5. The molecule has 0 aromatic heterocycles. The van der Waals surface area contributed by atoms with Crippen LogP contribution in [0.5, 0.6) is 0 Å². The summed E-state index contributed by atoms with van der Waals surface area (Å²) in [5.74, 6) is 0. The van der Waals surface area contributed by atoms with Crippen LogP contribution >= 0.6 is 0 Å². The Kier molecular flexibility index (Phi) is 5.36. The van der Waals surface area contributed by atoms with E-state index < -0.39 is 0 Å². The second-order valence-electron chi connectivity index (χ2n) is 5.83. The average molecular weight is 250 g/mol. The minimum atomic E-state index is -0.105.